The number of anilines is 3. The van der Waals surface area contributed by atoms with Crippen molar-refractivity contribution in [2.45, 2.75) is 0 Å². The third-order valence-corrected chi connectivity index (χ3v) is 4.06. The molecule has 0 saturated carbocycles. The monoisotopic (exact) mass is 362 g/mol. The summed E-state index contributed by atoms with van der Waals surface area (Å²) in [6.07, 6.45) is 0. The first-order valence-corrected chi connectivity index (χ1v) is 8.18. The number of nitrogens with one attached hydrogen (secondary N) is 2. The van der Waals surface area contributed by atoms with Crippen molar-refractivity contribution in [2.24, 2.45) is 0 Å². The predicted octanol–water partition coefficient (Wildman–Crippen LogP) is 4.86. The Balaban J connectivity index is 1.52. The maximum atomic E-state index is 13.2. The number of halogens is 1. The smallest absolute Gasteiger partial charge is 0.323 e. The molecule has 2 amide bonds. The Kier molecular flexibility index (Phi) is 4.18. The van der Waals surface area contributed by atoms with E-state index in [1.165, 1.54) is 18.2 Å². The molecule has 134 valence electrons. The molecule has 3 aromatic carbocycles. The fourth-order valence-corrected chi connectivity index (χ4v) is 2.85. The number of fused-ring (bicyclic) bond motifs is 1. The van der Waals surface area contributed by atoms with Crippen molar-refractivity contribution >= 4 is 34.2 Å². The number of hydrogen-bond donors (Lipinski definition) is 3. The fourth-order valence-electron chi connectivity index (χ4n) is 2.85. The second kappa shape index (κ2) is 6.80. The number of nitrogens with two attached hydrogens (primary N) is 1. The number of aromatic nitrogens is 1. The summed E-state index contributed by atoms with van der Waals surface area (Å²) in [6.45, 7) is 0. The average Bonchev–Trinajstić information content (AvgIpc) is 3.04. The summed E-state index contributed by atoms with van der Waals surface area (Å²) in [5, 5.41) is 9.83. The van der Waals surface area contributed by atoms with Crippen molar-refractivity contribution in [3.8, 4) is 11.1 Å². The number of amides is 2. The van der Waals surface area contributed by atoms with Crippen LogP contribution in [0.4, 0.5) is 26.4 Å². The lowest BCUT2D eigenvalue weighted by Gasteiger charge is -2.09. The summed E-state index contributed by atoms with van der Waals surface area (Å²) < 4.78 is 18.4. The molecule has 1 aromatic heterocycles. The Morgan fingerprint density at radius 2 is 1.70 bits per heavy atom. The Bertz CT molecular complexity index is 1120. The topological polar surface area (TPSA) is 93.2 Å². The van der Waals surface area contributed by atoms with Crippen LogP contribution in [0, 0.1) is 5.82 Å². The van der Waals surface area contributed by atoms with Gasteiger partial charge in [-0.3, -0.25) is 0 Å². The summed E-state index contributed by atoms with van der Waals surface area (Å²) in [7, 11) is 0. The zero-order valence-electron chi connectivity index (χ0n) is 14.1. The Morgan fingerprint density at radius 3 is 2.48 bits per heavy atom. The first kappa shape index (κ1) is 16.6. The van der Waals surface area contributed by atoms with E-state index in [2.05, 4.69) is 15.8 Å². The maximum absolute atomic E-state index is 13.2. The molecule has 0 fully saturated rings. The zero-order valence-corrected chi connectivity index (χ0v) is 14.1. The minimum absolute atomic E-state index is 0.331. The Morgan fingerprint density at radius 1 is 0.963 bits per heavy atom. The van der Waals surface area contributed by atoms with Gasteiger partial charge >= 0.3 is 6.03 Å². The maximum Gasteiger partial charge on any atom is 0.323 e. The molecule has 6 nitrogen and oxygen atoms in total. The van der Waals surface area contributed by atoms with Crippen LogP contribution in [0.5, 0.6) is 0 Å². The quantitative estimate of drug-likeness (QED) is 0.485. The van der Waals surface area contributed by atoms with E-state index in [9.17, 15) is 9.18 Å². The highest BCUT2D eigenvalue weighted by Gasteiger charge is 2.11. The molecule has 0 unspecified atom stereocenters. The van der Waals surface area contributed by atoms with Crippen LogP contribution >= 0.6 is 0 Å². The van der Waals surface area contributed by atoms with Crippen molar-refractivity contribution in [3.63, 3.8) is 0 Å². The van der Waals surface area contributed by atoms with E-state index in [0.717, 1.165) is 16.5 Å². The van der Waals surface area contributed by atoms with E-state index in [1.807, 2.05) is 24.3 Å². The summed E-state index contributed by atoms with van der Waals surface area (Å²) in [6, 6.07) is 18.1. The van der Waals surface area contributed by atoms with Gasteiger partial charge in [-0.1, -0.05) is 35.5 Å². The highest BCUT2D eigenvalue weighted by atomic mass is 19.1. The van der Waals surface area contributed by atoms with Crippen LogP contribution in [0.15, 0.2) is 71.3 Å². The number of nitrogen functional groups attached to an aromatic ring is 1. The molecule has 1 heterocycles. The number of carbonyl (C=O) groups excluding carboxylic acids is 1. The first-order chi connectivity index (χ1) is 13.1. The van der Waals surface area contributed by atoms with Gasteiger partial charge in [0.15, 0.2) is 11.4 Å². The molecule has 4 N–H and O–H groups in total. The standard InChI is InChI=1S/C20H15FN4O2/c21-13-3-1-4-15(11-13)24-20(26)23-14-9-7-12(8-10-14)16-5-2-6-17-18(16)19(22)25-27-17/h1-11H,(H2,22,25)(H2,23,24,26). The second-order valence-corrected chi connectivity index (χ2v) is 5.91. The van der Waals surface area contributed by atoms with E-state index in [-0.39, 0.29) is 0 Å². The first-order valence-electron chi connectivity index (χ1n) is 8.18. The van der Waals surface area contributed by atoms with Crippen molar-refractivity contribution in [3.05, 3.63) is 72.5 Å². The van der Waals surface area contributed by atoms with Gasteiger partial charge in [0.2, 0.25) is 0 Å². The van der Waals surface area contributed by atoms with Gasteiger partial charge in [0.05, 0.1) is 5.39 Å². The third-order valence-electron chi connectivity index (χ3n) is 4.06. The highest BCUT2D eigenvalue weighted by Crippen LogP contribution is 2.32. The molecule has 0 aliphatic carbocycles. The predicted molar refractivity (Wildman–Crippen MR) is 103 cm³/mol. The molecule has 4 rings (SSSR count). The van der Waals surface area contributed by atoms with Crippen molar-refractivity contribution in [1.29, 1.82) is 0 Å². The molecular formula is C20H15FN4O2. The number of rotatable bonds is 3. The van der Waals surface area contributed by atoms with Crippen LogP contribution in [0.2, 0.25) is 0 Å². The van der Waals surface area contributed by atoms with Crippen LogP contribution in [0.25, 0.3) is 22.1 Å². The molecular weight excluding hydrogens is 347 g/mol. The van der Waals surface area contributed by atoms with E-state index in [0.29, 0.717) is 22.8 Å². The lowest BCUT2D eigenvalue weighted by molar-refractivity contribution is 0.262. The fraction of sp³-hybridized carbons (Fsp3) is 0. The van der Waals surface area contributed by atoms with E-state index >= 15 is 0 Å². The number of urea groups is 1. The Labute approximate surface area is 153 Å². The molecule has 0 aliphatic rings. The molecule has 27 heavy (non-hydrogen) atoms. The van der Waals surface area contributed by atoms with Gasteiger partial charge in [-0.15, -0.1) is 0 Å². The molecule has 0 radical (unpaired) electrons. The van der Waals surface area contributed by atoms with Gasteiger partial charge < -0.3 is 20.9 Å². The largest absolute Gasteiger partial charge is 0.380 e. The number of hydrogen-bond acceptors (Lipinski definition) is 4. The number of carbonyl (C=O) groups is 1. The lowest BCUT2D eigenvalue weighted by atomic mass is 10.0. The number of benzene rings is 3. The van der Waals surface area contributed by atoms with E-state index in [4.69, 9.17) is 10.3 Å². The van der Waals surface area contributed by atoms with Crippen LogP contribution in [0.1, 0.15) is 0 Å². The average molecular weight is 362 g/mol. The third kappa shape index (κ3) is 3.43. The van der Waals surface area contributed by atoms with E-state index < -0.39 is 11.8 Å². The highest BCUT2D eigenvalue weighted by molar-refractivity contribution is 6.02. The molecule has 7 heteroatoms. The Hall–Kier alpha value is -3.87. The van der Waals surface area contributed by atoms with Gasteiger partial charge in [0.25, 0.3) is 0 Å². The normalized spacial score (nSPS) is 10.7. The summed E-state index contributed by atoms with van der Waals surface area (Å²) in [5.41, 5.74) is 9.28. The molecule has 0 spiro atoms. The SMILES string of the molecule is Nc1noc2cccc(-c3ccc(NC(=O)Nc4cccc(F)c4)cc3)c12. The van der Waals surface area contributed by atoms with Crippen LogP contribution in [-0.2, 0) is 0 Å². The van der Waals surface area contributed by atoms with Gasteiger partial charge in [-0.25, -0.2) is 9.18 Å². The molecule has 0 bridgehead atoms. The van der Waals surface area contributed by atoms with Crippen molar-refractivity contribution in [2.75, 3.05) is 16.4 Å². The number of nitrogens with zero attached hydrogens (tertiary/aromatic N) is 1. The van der Waals surface area contributed by atoms with Crippen LogP contribution in [-0.4, -0.2) is 11.2 Å². The molecule has 4 aromatic rings. The minimum atomic E-state index is -0.460. The van der Waals surface area contributed by atoms with Crippen molar-refractivity contribution in [1.82, 2.24) is 5.16 Å². The summed E-state index contributed by atoms with van der Waals surface area (Å²) in [5.74, 6) is -0.0865. The molecule has 0 saturated heterocycles. The van der Waals surface area contributed by atoms with Crippen molar-refractivity contribution < 1.29 is 13.7 Å². The lowest BCUT2D eigenvalue weighted by Crippen LogP contribution is -2.19. The van der Waals surface area contributed by atoms with Gasteiger partial charge in [-0.05, 0) is 47.5 Å². The van der Waals surface area contributed by atoms with E-state index in [1.54, 1.807) is 24.3 Å². The van der Waals surface area contributed by atoms with Gasteiger partial charge in [-0.2, -0.15) is 0 Å². The molecule has 0 atom stereocenters. The minimum Gasteiger partial charge on any atom is -0.380 e. The summed E-state index contributed by atoms with van der Waals surface area (Å²) >= 11 is 0. The zero-order chi connectivity index (χ0) is 18.8. The summed E-state index contributed by atoms with van der Waals surface area (Å²) in [4.78, 5) is 12.1. The van der Waals surface area contributed by atoms with Crippen LogP contribution < -0.4 is 16.4 Å². The second-order valence-electron chi connectivity index (χ2n) is 5.91. The van der Waals surface area contributed by atoms with Gasteiger partial charge in [0, 0.05) is 11.4 Å². The molecule has 0 aliphatic heterocycles. The van der Waals surface area contributed by atoms with Crippen LogP contribution in [0.3, 0.4) is 0 Å². The van der Waals surface area contributed by atoms with Gasteiger partial charge in [0.1, 0.15) is 5.82 Å².